The first-order valence-electron chi connectivity index (χ1n) is 10.2. The number of benzene rings is 2. The van der Waals surface area contributed by atoms with Gasteiger partial charge in [0, 0.05) is 40.2 Å². The standard InChI is InChI=1S/C22H24N4O4/c1-26(2)10-16-17(11-26)24-15-8-6-13-19-12(5-7-14(23-16)20(15)19)21(29)25(22(13)30)9-3-4-18(27)28/h5-8,16-17H,3-4,9-11H2,1-2H3,(H2-,23,24,27,28,29,30)/p+1. The minimum atomic E-state index is -0.922. The van der Waals surface area contributed by atoms with Gasteiger partial charge >= 0.3 is 5.97 Å². The third-order valence-electron chi connectivity index (χ3n) is 6.37. The normalized spacial score (nSPS) is 21.8. The highest BCUT2D eigenvalue weighted by Gasteiger charge is 2.41. The number of aliphatic carboxylic acids is 1. The number of nitrogens with zero attached hydrogens (tertiary/aromatic N) is 3. The summed E-state index contributed by atoms with van der Waals surface area (Å²) in [7, 11) is 4.41. The highest BCUT2D eigenvalue weighted by atomic mass is 16.4. The molecule has 2 aromatic carbocycles. The topological polar surface area (TPSA) is 104 Å². The van der Waals surface area contributed by atoms with Crippen molar-refractivity contribution >= 4 is 33.2 Å². The van der Waals surface area contributed by atoms with Crippen LogP contribution in [0.5, 0.6) is 5.88 Å². The van der Waals surface area contributed by atoms with Crippen molar-refractivity contribution in [3.63, 3.8) is 0 Å². The van der Waals surface area contributed by atoms with Crippen LogP contribution in [0.2, 0.25) is 0 Å². The highest BCUT2D eigenvalue weighted by Crippen LogP contribution is 2.35. The Morgan fingerprint density at radius 1 is 1.20 bits per heavy atom. The molecule has 5 rings (SSSR count). The van der Waals surface area contributed by atoms with Gasteiger partial charge in [0.15, 0.2) is 0 Å². The van der Waals surface area contributed by atoms with E-state index in [0.29, 0.717) is 16.2 Å². The number of carboxylic acids is 1. The number of carboxylic acid groups (broad SMARTS) is 1. The molecular formula is C22H25N4O4+. The molecule has 3 heterocycles. The fraction of sp³-hybridized carbons (Fsp3) is 0.409. The summed E-state index contributed by atoms with van der Waals surface area (Å²) in [5, 5.41) is 26.9. The van der Waals surface area contributed by atoms with Crippen molar-refractivity contribution < 1.29 is 19.5 Å². The second-order valence-electron chi connectivity index (χ2n) is 9.07. The molecule has 2 unspecified atom stereocenters. The molecule has 0 bridgehead atoms. The number of aromatic nitrogens is 1. The number of fused-ring (bicyclic) bond motifs is 1. The number of pyridine rings is 1. The lowest BCUT2D eigenvalue weighted by Crippen LogP contribution is -2.38. The maximum absolute atomic E-state index is 13.1. The summed E-state index contributed by atoms with van der Waals surface area (Å²) in [5.41, 5.74) is 0.625. The molecule has 2 aliphatic heterocycles. The van der Waals surface area contributed by atoms with E-state index in [1.165, 1.54) is 4.57 Å². The fourth-order valence-electron chi connectivity index (χ4n) is 5.07. The first kappa shape index (κ1) is 18.9. The molecule has 3 aromatic rings. The van der Waals surface area contributed by atoms with Gasteiger partial charge in [-0.15, -0.1) is 0 Å². The summed E-state index contributed by atoms with van der Waals surface area (Å²) < 4.78 is 2.18. The molecule has 0 aliphatic carbocycles. The van der Waals surface area contributed by atoms with Crippen molar-refractivity contribution in [2.75, 3.05) is 32.5 Å². The van der Waals surface area contributed by atoms with Gasteiger partial charge in [-0.2, -0.15) is 0 Å². The molecule has 1 fully saturated rings. The number of hydrogen-bond acceptors (Lipinski definition) is 5. The zero-order chi connectivity index (χ0) is 21.2. The van der Waals surface area contributed by atoms with Gasteiger partial charge in [0.25, 0.3) is 5.56 Å². The number of likely N-dealkylation sites (N-methyl/N-ethyl adjacent to an activating group) is 1. The maximum atomic E-state index is 13.1. The lowest BCUT2D eigenvalue weighted by Gasteiger charge is -2.23. The van der Waals surface area contributed by atoms with Crippen LogP contribution in [-0.4, -0.2) is 64.5 Å². The summed E-state index contributed by atoms with van der Waals surface area (Å²) in [6.07, 6.45) is 0.214. The fourth-order valence-corrected chi connectivity index (χ4v) is 5.07. The molecule has 0 radical (unpaired) electrons. The number of nitrogens with one attached hydrogen (secondary N) is 1. The van der Waals surface area contributed by atoms with Crippen LogP contribution in [0.1, 0.15) is 12.8 Å². The Balaban J connectivity index is 1.73. The lowest BCUT2D eigenvalue weighted by atomic mass is 10.00. The van der Waals surface area contributed by atoms with Crippen LogP contribution in [0.3, 0.4) is 0 Å². The van der Waals surface area contributed by atoms with Crippen LogP contribution < -0.4 is 16.2 Å². The molecule has 3 N–H and O–H groups in total. The quantitative estimate of drug-likeness (QED) is 0.564. The van der Waals surface area contributed by atoms with E-state index in [4.69, 9.17) is 10.1 Å². The zero-order valence-corrected chi connectivity index (χ0v) is 17.1. The second-order valence-corrected chi connectivity index (χ2v) is 9.07. The summed E-state index contributed by atoms with van der Waals surface area (Å²) in [5.74, 6) is -1.04. The van der Waals surface area contributed by atoms with Crippen molar-refractivity contribution in [1.29, 1.82) is 0 Å². The molecule has 8 heteroatoms. The summed E-state index contributed by atoms with van der Waals surface area (Å²) in [6, 6.07) is 7.82. The smallest absolute Gasteiger partial charge is 0.303 e. The molecule has 30 heavy (non-hydrogen) atoms. The van der Waals surface area contributed by atoms with Crippen LogP contribution in [0, 0.1) is 0 Å². The largest absolute Gasteiger partial charge is 0.494 e. The van der Waals surface area contributed by atoms with E-state index in [0.717, 1.165) is 34.0 Å². The van der Waals surface area contributed by atoms with E-state index >= 15 is 0 Å². The van der Waals surface area contributed by atoms with Crippen molar-refractivity contribution in [1.82, 2.24) is 4.57 Å². The number of hydrogen-bond donors (Lipinski definition) is 3. The Bertz CT molecular complexity index is 1310. The summed E-state index contributed by atoms with van der Waals surface area (Å²) >= 11 is 0. The van der Waals surface area contributed by atoms with E-state index < -0.39 is 5.97 Å². The number of rotatable bonds is 4. The number of likely N-dealkylation sites (tertiary alicyclic amines) is 1. The highest BCUT2D eigenvalue weighted by molar-refractivity contribution is 6.15. The van der Waals surface area contributed by atoms with Crippen LogP contribution in [0.15, 0.2) is 34.1 Å². The molecule has 0 spiro atoms. The SMILES string of the molecule is C[N+]1(C)CC2N=c3ccc4c(O)n(CCCC(=O)O)c(=O)c5ccc(c3c45)NC2C1. The predicted octanol–water partition coefficient (Wildman–Crippen LogP) is 1.32. The van der Waals surface area contributed by atoms with Gasteiger partial charge in [-0.25, -0.2) is 0 Å². The van der Waals surface area contributed by atoms with E-state index in [1.807, 2.05) is 18.2 Å². The molecular weight excluding hydrogens is 384 g/mol. The van der Waals surface area contributed by atoms with Gasteiger partial charge in [0.1, 0.15) is 25.2 Å². The van der Waals surface area contributed by atoms with Crippen molar-refractivity contribution in [2.24, 2.45) is 4.99 Å². The Labute approximate surface area is 172 Å². The van der Waals surface area contributed by atoms with Crippen molar-refractivity contribution in [3.8, 4) is 5.88 Å². The van der Waals surface area contributed by atoms with Crippen molar-refractivity contribution in [2.45, 2.75) is 31.5 Å². The Hall–Kier alpha value is -3.13. The Kier molecular flexibility index (Phi) is 4.05. The minimum absolute atomic E-state index is 0.0579. The average molecular weight is 409 g/mol. The number of aromatic hydroxyl groups is 1. The van der Waals surface area contributed by atoms with Crippen LogP contribution in [-0.2, 0) is 11.3 Å². The molecule has 8 nitrogen and oxygen atoms in total. The van der Waals surface area contributed by atoms with Crippen molar-refractivity contribution in [3.05, 3.63) is 40.0 Å². The van der Waals surface area contributed by atoms with Gasteiger partial charge in [0.2, 0.25) is 5.88 Å². The van der Waals surface area contributed by atoms with Crippen LogP contribution in [0.4, 0.5) is 5.69 Å². The third kappa shape index (κ3) is 2.82. The molecule has 1 aromatic heterocycles. The predicted molar refractivity (Wildman–Crippen MR) is 114 cm³/mol. The monoisotopic (exact) mass is 409 g/mol. The van der Waals surface area contributed by atoms with E-state index in [9.17, 15) is 14.7 Å². The zero-order valence-electron chi connectivity index (χ0n) is 17.1. The minimum Gasteiger partial charge on any atom is -0.494 e. The number of anilines is 1. The number of carbonyl (C=O) groups is 1. The Morgan fingerprint density at radius 3 is 2.73 bits per heavy atom. The summed E-state index contributed by atoms with van der Waals surface area (Å²) in [6.45, 7) is 2.06. The Morgan fingerprint density at radius 2 is 1.97 bits per heavy atom. The van der Waals surface area contributed by atoms with Crippen LogP contribution in [0.25, 0.3) is 21.5 Å². The van der Waals surface area contributed by atoms with Gasteiger partial charge < -0.3 is 20.0 Å². The van der Waals surface area contributed by atoms with Gasteiger partial charge in [-0.3, -0.25) is 19.1 Å². The average Bonchev–Trinajstić information content (AvgIpc) is 2.87. The van der Waals surface area contributed by atoms with Gasteiger partial charge in [-0.1, -0.05) is 0 Å². The third-order valence-corrected chi connectivity index (χ3v) is 6.37. The van der Waals surface area contributed by atoms with E-state index in [1.54, 1.807) is 6.07 Å². The molecule has 2 atom stereocenters. The molecule has 0 amide bonds. The maximum Gasteiger partial charge on any atom is 0.303 e. The van der Waals surface area contributed by atoms with Crippen LogP contribution >= 0.6 is 0 Å². The van der Waals surface area contributed by atoms with Gasteiger partial charge in [-0.05, 0) is 30.7 Å². The van der Waals surface area contributed by atoms with E-state index in [-0.39, 0.29) is 42.9 Å². The lowest BCUT2D eigenvalue weighted by molar-refractivity contribution is -0.878. The van der Waals surface area contributed by atoms with E-state index in [2.05, 4.69) is 19.4 Å². The van der Waals surface area contributed by atoms with Gasteiger partial charge in [0.05, 0.1) is 19.5 Å². The summed E-state index contributed by atoms with van der Waals surface area (Å²) in [4.78, 5) is 29.0. The molecule has 1 saturated heterocycles. The first-order valence-corrected chi connectivity index (χ1v) is 10.2. The molecule has 156 valence electrons. The molecule has 0 saturated carbocycles. The second kappa shape index (κ2) is 6.43. The first-order chi connectivity index (χ1) is 14.2. The number of quaternary nitrogens is 1. The molecule has 2 aliphatic rings.